The molecule has 1 saturated heterocycles. The summed E-state index contributed by atoms with van der Waals surface area (Å²) in [5.41, 5.74) is -24.9. The third-order valence-corrected chi connectivity index (χ3v) is 17.0. The SMILES string of the molecule is CCC(C)(C)C(=O)OC.CCC(C)(C)C(=O)OC1C(F)(F)C(C)(C(F)(F)F)OC(O)(C(F)(F)F)C1(F)F.CCC(C)(C)C(=O)OC1CC(C(O)(C(F)(F)F)C(F)(F)F)CC(C(O)(C(F)(F)F)C(F)(F)F)C1.OC(CC1CC2CCC1C2)(C(F)(F)F)C(F)(F)F. The Hall–Kier alpha value is -3.75. The minimum Gasteiger partial charge on any atom is -0.469 e. The number of ether oxygens (including phenoxy) is 4. The van der Waals surface area contributed by atoms with Gasteiger partial charge < -0.3 is 39.4 Å². The summed E-state index contributed by atoms with van der Waals surface area (Å²) in [7, 11) is 1.42. The predicted molar refractivity (Wildman–Crippen MR) is 246 cm³/mol. The van der Waals surface area contributed by atoms with Crippen molar-refractivity contribution in [3.63, 3.8) is 0 Å². The lowest BCUT2D eigenvalue weighted by atomic mass is 9.65. The van der Waals surface area contributed by atoms with E-state index in [2.05, 4.69) is 14.2 Å². The van der Waals surface area contributed by atoms with Crippen molar-refractivity contribution in [2.75, 3.05) is 7.11 Å². The smallest absolute Gasteiger partial charge is 0.449 e. The molecule has 89 heavy (non-hydrogen) atoms. The van der Waals surface area contributed by atoms with E-state index in [1.807, 2.05) is 20.8 Å². The molecule has 0 aromatic rings. The molecule has 0 aromatic heterocycles. The van der Waals surface area contributed by atoms with Crippen molar-refractivity contribution in [2.45, 2.75) is 242 Å². The van der Waals surface area contributed by atoms with Gasteiger partial charge >= 0.3 is 85.0 Å². The fourth-order valence-electron chi connectivity index (χ4n) is 9.71. The first-order chi connectivity index (χ1) is 38.9. The van der Waals surface area contributed by atoms with Gasteiger partial charge in [0.15, 0.2) is 0 Å². The van der Waals surface area contributed by atoms with Gasteiger partial charge in [0.2, 0.25) is 11.7 Å². The highest BCUT2D eigenvalue weighted by molar-refractivity contribution is 5.77. The molecular weight excluding hydrogens is 1310 g/mol. The number of hydrogen-bond donors (Lipinski definition) is 4. The van der Waals surface area contributed by atoms with Gasteiger partial charge in [-0.1, -0.05) is 27.2 Å². The number of halogens is 28. The molecule has 2 bridgehead atoms. The van der Waals surface area contributed by atoms with Crippen molar-refractivity contribution in [3.05, 3.63) is 0 Å². The summed E-state index contributed by atoms with van der Waals surface area (Å²) in [5, 5.41) is 37.7. The van der Waals surface area contributed by atoms with Crippen molar-refractivity contribution in [1.29, 1.82) is 0 Å². The van der Waals surface area contributed by atoms with E-state index in [0.717, 1.165) is 26.7 Å². The molecule has 3 aliphatic carbocycles. The summed E-state index contributed by atoms with van der Waals surface area (Å²) in [6.45, 7) is 12.1. The van der Waals surface area contributed by atoms with Gasteiger partial charge in [-0.2, -0.15) is 123 Å². The Morgan fingerprint density at radius 3 is 1.09 bits per heavy atom. The quantitative estimate of drug-likeness (QED) is 0.0833. The van der Waals surface area contributed by atoms with Crippen LogP contribution < -0.4 is 0 Å². The molecule has 4 fully saturated rings. The number of alkyl halides is 28. The maximum absolute atomic E-state index is 14.4. The highest BCUT2D eigenvalue weighted by Crippen LogP contribution is 2.63. The first-order valence-corrected chi connectivity index (χ1v) is 26.3. The number of aliphatic hydroxyl groups is 4. The van der Waals surface area contributed by atoms with Crippen LogP contribution in [0.1, 0.15) is 140 Å². The Balaban J connectivity index is 0.000000643. The fourth-order valence-corrected chi connectivity index (χ4v) is 9.71. The van der Waals surface area contributed by atoms with E-state index in [4.69, 9.17) is 9.84 Å². The molecule has 39 heteroatoms. The standard InChI is InChI=1S/C18H22F12O4.C14H16F10O4.C11H14F6O.C7H14O2/c1-4-12(2,3)11(31)34-10-6-8(13(32,15(19,20)21)16(22,23)24)5-9(7-10)14(33,17(25,26)27)18(28,29)30;1-5-8(2,3)7(25)27-6-10(15,16)9(4,13(19,20)21)28-12(26,11(6,17)18)14(22,23)24;12-10(13,14)9(18,11(15,16)17)5-8-4-6-1-2-7(8)3-6;1-5-7(2,3)6(8)9-4/h8-10,32-33H,4-7H2,1-3H3;6,26H,5H2,1-4H3;6-8,18H,1-5H2;5H2,1-4H3. The second kappa shape index (κ2) is 26.2. The van der Waals surface area contributed by atoms with Crippen molar-refractivity contribution >= 4 is 17.9 Å². The van der Waals surface area contributed by atoms with Gasteiger partial charge in [0.1, 0.15) is 6.10 Å². The van der Waals surface area contributed by atoms with Gasteiger partial charge in [0, 0.05) is 11.8 Å². The number of carbonyl (C=O) groups excluding carboxylic acids is 3. The number of fused-ring (bicyclic) bond motifs is 2. The topological polar surface area (TPSA) is 169 Å². The van der Waals surface area contributed by atoms with Crippen LogP contribution in [0.3, 0.4) is 0 Å². The van der Waals surface area contributed by atoms with E-state index >= 15 is 0 Å². The zero-order chi connectivity index (χ0) is 71.4. The second-order valence-electron chi connectivity index (χ2n) is 24.2. The van der Waals surface area contributed by atoms with E-state index in [1.54, 1.807) is 0 Å². The van der Waals surface area contributed by atoms with Crippen molar-refractivity contribution in [1.82, 2.24) is 0 Å². The molecule has 0 radical (unpaired) electrons. The summed E-state index contributed by atoms with van der Waals surface area (Å²) in [6, 6.07) is 0. The maximum Gasteiger partial charge on any atom is 0.449 e. The molecule has 0 amide bonds. The molecule has 11 nitrogen and oxygen atoms in total. The monoisotopic (exact) mass is 1370 g/mol. The van der Waals surface area contributed by atoms with Gasteiger partial charge in [-0.05, 0) is 130 Å². The van der Waals surface area contributed by atoms with E-state index in [-0.39, 0.29) is 36.1 Å². The van der Waals surface area contributed by atoms with Crippen LogP contribution in [-0.4, -0.2) is 147 Å². The molecule has 1 aliphatic heterocycles. The van der Waals surface area contributed by atoms with Crippen LogP contribution in [0.5, 0.6) is 0 Å². The molecular formula is C50H66F28O11. The Kier molecular flexibility index (Phi) is 24.5. The van der Waals surface area contributed by atoms with Crippen LogP contribution in [0.4, 0.5) is 123 Å². The van der Waals surface area contributed by atoms with Crippen LogP contribution in [0, 0.1) is 45.8 Å². The lowest BCUT2D eigenvalue weighted by Crippen LogP contribution is -2.82. The Labute approximate surface area is 488 Å². The van der Waals surface area contributed by atoms with Gasteiger partial charge in [-0.25, -0.2) is 0 Å². The third kappa shape index (κ3) is 16.3. The number of hydrogen-bond acceptors (Lipinski definition) is 11. The molecule has 3 saturated carbocycles. The molecule has 4 rings (SSSR count). The van der Waals surface area contributed by atoms with Crippen LogP contribution >= 0.6 is 0 Å². The minimum absolute atomic E-state index is 0.0184. The highest BCUT2D eigenvalue weighted by Gasteiger charge is 2.91. The largest absolute Gasteiger partial charge is 0.469 e. The highest BCUT2D eigenvalue weighted by atomic mass is 19.4. The predicted octanol–water partition coefficient (Wildman–Crippen LogP) is 14.9. The number of rotatable bonds is 12. The van der Waals surface area contributed by atoms with E-state index in [9.17, 15) is 153 Å². The van der Waals surface area contributed by atoms with Crippen LogP contribution in [0.25, 0.3) is 0 Å². The zero-order valence-electron chi connectivity index (χ0n) is 48.5. The Bertz CT molecular complexity index is 2260. The molecule has 1 heterocycles. The van der Waals surface area contributed by atoms with Crippen LogP contribution in [0.2, 0.25) is 0 Å². The first-order valence-electron chi connectivity index (χ1n) is 26.3. The lowest BCUT2D eigenvalue weighted by Gasteiger charge is -2.54. The Morgan fingerprint density at radius 1 is 0.483 bits per heavy atom. The fraction of sp³-hybridized carbons (Fsp3) is 0.940. The van der Waals surface area contributed by atoms with E-state index < -0.39 is 175 Å². The minimum atomic E-state index is -6.66. The zero-order valence-corrected chi connectivity index (χ0v) is 48.5. The van der Waals surface area contributed by atoms with Crippen LogP contribution in [-0.2, 0) is 33.3 Å². The van der Waals surface area contributed by atoms with Gasteiger partial charge in [-0.3, -0.25) is 14.4 Å². The average molecular weight is 1380 g/mol. The van der Waals surface area contributed by atoms with Gasteiger partial charge in [0.25, 0.3) is 16.8 Å². The maximum atomic E-state index is 14.4. The van der Waals surface area contributed by atoms with Crippen molar-refractivity contribution < 1.29 is 177 Å². The molecule has 8 atom stereocenters. The summed E-state index contributed by atoms with van der Waals surface area (Å²) in [6.07, 6.45) is -61.0. The molecule has 528 valence electrons. The molecule has 8 unspecified atom stereocenters. The summed E-state index contributed by atoms with van der Waals surface area (Å²) >= 11 is 0. The number of esters is 3. The lowest BCUT2D eigenvalue weighted by molar-refractivity contribution is -0.537. The van der Waals surface area contributed by atoms with Crippen LogP contribution in [0.15, 0.2) is 0 Å². The Morgan fingerprint density at radius 2 is 0.831 bits per heavy atom. The summed E-state index contributed by atoms with van der Waals surface area (Å²) in [5.74, 6) is -28.8. The average Bonchev–Trinajstić information content (AvgIpc) is 2.20. The molecule has 4 aliphatic rings. The van der Waals surface area contributed by atoms with Crippen molar-refractivity contribution in [3.8, 4) is 0 Å². The number of carbonyl (C=O) groups is 3. The second-order valence-corrected chi connectivity index (χ2v) is 24.2. The molecule has 0 aromatic carbocycles. The molecule has 0 spiro atoms. The first kappa shape index (κ1) is 83.3. The van der Waals surface area contributed by atoms with Gasteiger partial charge in [-0.15, -0.1) is 0 Å². The van der Waals surface area contributed by atoms with Gasteiger partial charge in [0.05, 0.1) is 23.4 Å². The van der Waals surface area contributed by atoms with Crippen molar-refractivity contribution in [2.24, 2.45) is 45.8 Å². The number of methoxy groups -OCH3 is 1. The summed E-state index contributed by atoms with van der Waals surface area (Å²) in [4.78, 5) is 35.0. The normalized spacial score (nSPS) is 27.6. The van der Waals surface area contributed by atoms with E-state index in [0.29, 0.717) is 19.3 Å². The summed E-state index contributed by atoms with van der Waals surface area (Å²) < 4.78 is 387. The van der Waals surface area contributed by atoms with E-state index in [1.165, 1.54) is 34.8 Å². The molecule has 4 N–H and O–H groups in total. The third-order valence-electron chi connectivity index (χ3n) is 17.0.